The van der Waals surface area contributed by atoms with E-state index in [9.17, 15) is 4.79 Å². The number of aliphatic hydroxyl groups excluding tert-OH is 1. The molecule has 1 aliphatic rings. The molecule has 0 spiro atoms. The Bertz CT molecular complexity index is 507. The van der Waals surface area contributed by atoms with Gasteiger partial charge in [-0.15, -0.1) is 11.3 Å². The quantitative estimate of drug-likeness (QED) is 0.843. The fraction of sp³-hybridized carbons (Fsp3) is 0.600. The van der Waals surface area contributed by atoms with E-state index in [0.29, 0.717) is 22.9 Å². The van der Waals surface area contributed by atoms with Crippen LogP contribution in [-0.2, 0) is 4.79 Å². The molecule has 2 rings (SSSR count). The van der Waals surface area contributed by atoms with Gasteiger partial charge in [0.25, 0.3) is 0 Å². The predicted octanol–water partition coefficient (Wildman–Crippen LogP) is 2.04. The van der Waals surface area contributed by atoms with E-state index in [0.717, 1.165) is 32.5 Å². The summed E-state index contributed by atoms with van der Waals surface area (Å²) in [5.41, 5.74) is 0.523. The van der Waals surface area contributed by atoms with Gasteiger partial charge in [0.1, 0.15) is 11.1 Å². The topological polar surface area (TPSA) is 76.4 Å². The maximum Gasteiger partial charge on any atom is 0.226 e. The Balaban J connectivity index is 1.75. The lowest BCUT2D eigenvalue weighted by Gasteiger charge is -2.32. The van der Waals surface area contributed by atoms with E-state index < -0.39 is 0 Å². The minimum Gasteiger partial charge on any atom is -0.396 e. The van der Waals surface area contributed by atoms with Crippen molar-refractivity contribution >= 4 is 22.2 Å². The summed E-state index contributed by atoms with van der Waals surface area (Å²) in [7, 11) is 0. The van der Waals surface area contributed by atoms with E-state index in [4.69, 9.17) is 10.4 Å². The summed E-state index contributed by atoms with van der Waals surface area (Å²) >= 11 is 1.38. The summed E-state index contributed by atoms with van der Waals surface area (Å²) < 4.78 is 0. The molecule has 1 fully saturated rings. The van der Waals surface area contributed by atoms with Crippen molar-refractivity contribution in [3.8, 4) is 6.07 Å². The lowest BCUT2D eigenvalue weighted by Crippen LogP contribution is -2.37. The van der Waals surface area contributed by atoms with Crippen LogP contribution in [0.15, 0.2) is 11.4 Å². The second kappa shape index (κ2) is 8.13. The van der Waals surface area contributed by atoms with Gasteiger partial charge in [0.05, 0.1) is 5.56 Å². The molecule has 1 saturated heterocycles. The summed E-state index contributed by atoms with van der Waals surface area (Å²) in [5.74, 6) is 0.507. The summed E-state index contributed by atoms with van der Waals surface area (Å²) in [6.07, 6.45) is 3.60. The highest BCUT2D eigenvalue weighted by atomic mass is 32.1. The molecule has 5 nitrogen and oxygen atoms in total. The van der Waals surface area contributed by atoms with E-state index in [2.05, 4.69) is 16.3 Å². The van der Waals surface area contributed by atoms with Gasteiger partial charge in [0.15, 0.2) is 0 Å². The highest BCUT2D eigenvalue weighted by Gasteiger charge is 2.20. The zero-order valence-corrected chi connectivity index (χ0v) is 12.9. The number of hydrogen-bond acceptors (Lipinski definition) is 5. The number of nitrogens with zero attached hydrogens (tertiary/aromatic N) is 2. The number of piperidine rings is 1. The van der Waals surface area contributed by atoms with Crippen LogP contribution in [0.4, 0.5) is 5.00 Å². The number of nitriles is 1. The van der Waals surface area contributed by atoms with Crippen molar-refractivity contribution in [2.24, 2.45) is 5.92 Å². The smallest absolute Gasteiger partial charge is 0.226 e. The van der Waals surface area contributed by atoms with Gasteiger partial charge < -0.3 is 15.3 Å². The largest absolute Gasteiger partial charge is 0.396 e. The molecular weight excluding hydrogens is 286 g/mol. The van der Waals surface area contributed by atoms with Crippen molar-refractivity contribution in [3.05, 3.63) is 17.0 Å². The minimum absolute atomic E-state index is 0.0433. The Kier molecular flexibility index (Phi) is 6.18. The second-order valence-corrected chi connectivity index (χ2v) is 6.31. The number of carbonyl (C=O) groups is 1. The van der Waals surface area contributed by atoms with E-state index in [-0.39, 0.29) is 12.5 Å². The molecule has 0 radical (unpaired) electrons. The maximum absolute atomic E-state index is 11.9. The van der Waals surface area contributed by atoms with Crippen LogP contribution in [0, 0.1) is 17.2 Å². The molecule has 1 aliphatic heterocycles. The third kappa shape index (κ3) is 4.81. The molecule has 0 saturated carbocycles. The number of thiophene rings is 1. The average Bonchev–Trinajstić information content (AvgIpc) is 2.93. The Hall–Kier alpha value is -1.42. The number of anilines is 1. The molecule has 21 heavy (non-hydrogen) atoms. The third-order valence-corrected chi connectivity index (χ3v) is 4.66. The molecule has 1 unspecified atom stereocenters. The fourth-order valence-electron chi connectivity index (χ4n) is 2.72. The zero-order chi connectivity index (χ0) is 15.1. The Morgan fingerprint density at radius 1 is 1.62 bits per heavy atom. The number of nitrogens with one attached hydrogen (secondary N) is 1. The molecule has 1 atom stereocenters. The lowest BCUT2D eigenvalue weighted by molar-refractivity contribution is -0.116. The normalized spacial score (nSPS) is 19.1. The molecular formula is C15H21N3O2S. The Morgan fingerprint density at radius 2 is 2.48 bits per heavy atom. The highest BCUT2D eigenvalue weighted by Crippen LogP contribution is 2.22. The van der Waals surface area contributed by atoms with Crippen molar-refractivity contribution in [3.63, 3.8) is 0 Å². The van der Waals surface area contributed by atoms with Crippen molar-refractivity contribution in [1.82, 2.24) is 4.90 Å². The van der Waals surface area contributed by atoms with E-state index in [1.807, 2.05) is 0 Å². The first-order valence-corrected chi connectivity index (χ1v) is 8.21. The first-order valence-electron chi connectivity index (χ1n) is 7.33. The summed E-state index contributed by atoms with van der Waals surface area (Å²) in [6, 6.07) is 3.78. The number of carbonyl (C=O) groups excluding carboxylic acids is 1. The van der Waals surface area contributed by atoms with Gasteiger partial charge in [0.2, 0.25) is 5.91 Å². The molecule has 2 heterocycles. The summed E-state index contributed by atoms with van der Waals surface area (Å²) in [5, 5.41) is 23.2. The average molecular weight is 307 g/mol. The fourth-order valence-corrected chi connectivity index (χ4v) is 3.47. The van der Waals surface area contributed by atoms with Gasteiger partial charge in [-0.1, -0.05) is 0 Å². The standard InChI is InChI=1S/C15H21N3O2S/c16-10-13-5-9-21-15(13)17-14(20)3-7-18-6-1-2-12(11-18)4-8-19/h5,9,12,19H,1-4,6-8,11H2,(H,17,20). The molecule has 1 aromatic rings. The SMILES string of the molecule is N#Cc1ccsc1NC(=O)CCN1CCCC(CCO)C1. The number of aliphatic hydroxyl groups is 1. The number of likely N-dealkylation sites (tertiary alicyclic amines) is 1. The first kappa shape index (κ1) is 16.0. The van der Waals surface area contributed by atoms with Crippen LogP contribution in [0.5, 0.6) is 0 Å². The van der Waals surface area contributed by atoms with Crippen molar-refractivity contribution in [1.29, 1.82) is 5.26 Å². The first-order chi connectivity index (χ1) is 10.2. The third-order valence-electron chi connectivity index (χ3n) is 3.83. The molecule has 1 amide bonds. The summed E-state index contributed by atoms with van der Waals surface area (Å²) in [4.78, 5) is 14.2. The maximum atomic E-state index is 11.9. The highest BCUT2D eigenvalue weighted by molar-refractivity contribution is 7.14. The van der Waals surface area contributed by atoms with Gasteiger partial charge in [-0.25, -0.2) is 0 Å². The molecule has 0 bridgehead atoms. The Labute approximate surface area is 129 Å². The van der Waals surface area contributed by atoms with Crippen LogP contribution >= 0.6 is 11.3 Å². The molecule has 0 aliphatic carbocycles. The zero-order valence-electron chi connectivity index (χ0n) is 12.0. The van der Waals surface area contributed by atoms with Crippen LogP contribution in [0.25, 0.3) is 0 Å². The van der Waals surface area contributed by atoms with Crippen LogP contribution in [0.2, 0.25) is 0 Å². The van der Waals surface area contributed by atoms with Gasteiger partial charge >= 0.3 is 0 Å². The Morgan fingerprint density at radius 3 is 3.24 bits per heavy atom. The van der Waals surface area contributed by atoms with E-state index in [1.165, 1.54) is 17.8 Å². The minimum atomic E-state index is -0.0433. The van der Waals surface area contributed by atoms with Crippen LogP contribution < -0.4 is 5.32 Å². The van der Waals surface area contributed by atoms with Crippen LogP contribution in [0.1, 0.15) is 31.2 Å². The van der Waals surface area contributed by atoms with Crippen molar-refractivity contribution < 1.29 is 9.90 Å². The molecule has 0 aromatic carbocycles. The van der Waals surface area contributed by atoms with Gasteiger partial charge in [-0.05, 0) is 43.2 Å². The monoisotopic (exact) mass is 307 g/mol. The lowest BCUT2D eigenvalue weighted by atomic mass is 9.95. The van der Waals surface area contributed by atoms with Crippen LogP contribution in [0.3, 0.4) is 0 Å². The van der Waals surface area contributed by atoms with E-state index in [1.54, 1.807) is 11.4 Å². The van der Waals surface area contributed by atoms with Gasteiger partial charge in [-0.3, -0.25) is 4.79 Å². The van der Waals surface area contributed by atoms with E-state index >= 15 is 0 Å². The summed E-state index contributed by atoms with van der Waals surface area (Å²) in [6.45, 7) is 2.98. The van der Waals surface area contributed by atoms with Gasteiger partial charge in [0, 0.05) is 26.1 Å². The number of amides is 1. The molecule has 114 valence electrons. The van der Waals surface area contributed by atoms with Gasteiger partial charge in [-0.2, -0.15) is 5.26 Å². The number of hydrogen-bond donors (Lipinski definition) is 2. The molecule has 6 heteroatoms. The molecule has 2 N–H and O–H groups in total. The second-order valence-electron chi connectivity index (χ2n) is 5.39. The number of rotatable bonds is 6. The molecule has 1 aromatic heterocycles. The predicted molar refractivity (Wildman–Crippen MR) is 83.1 cm³/mol. The van der Waals surface area contributed by atoms with Crippen LogP contribution in [-0.4, -0.2) is 42.2 Å². The van der Waals surface area contributed by atoms with Crippen molar-refractivity contribution in [2.45, 2.75) is 25.7 Å². The van der Waals surface area contributed by atoms with Crippen molar-refractivity contribution in [2.75, 3.05) is 31.6 Å².